The van der Waals surface area contributed by atoms with Gasteiger partial charge < -0.3 is 25.0 Å². The summed E-state index contributed by atoms with van der Waals surface area (Å²) < 4.78 is 11.5. The number of aromatic nitrogens is 3. The highest BCUT2D eigenvalue weighted by Gasteiger charge is 2.37. The largest absolute Gasteiger partial charge is 0.478 e. The van der Waals surface area contributed by atoms with Crippen molar-refractivity contribution < 1.29 is 24.0 Å². The van der Waals surface area contributed by atoms with E-state index in [1.165, 1.54) is 6.92 Å². The van der Waals surface area contributed by atoms with E-state index in [1.807, 2.05) is 19.9 Å². The van der Waals surface area contributed by atoms with Crippen LogP contribution in [0.1, 0.15) is 45.9 Å². The lowest BCUT2D eigenvalue weighted by Crippen LogP contribution is -2.58. The molecule has 1 aliphatic rings. The summed E-state index contributed by atoms with van der Waals surface area (Å²) in [5.41, 5.74) is 0.803. The minimum absolute atomic E-state index is 0.0422. The number of nitrogens with zero attached hydrogens (tertiary/aromatic N) is 3. The molecular weight excluding hydrogens is 414 g/mol. The van der Waals surface area contributed by atoms with Crippen molar-refractivity contribution in [2.45, 2.75) is 70.9 Å². The van der Waals surface area contributed by atoms with Gasteiger partial charge in [0.1, 0.15) is 5.69 Å². The van der Waals surface area contributed by atoms with E-state index in [0.29, 0.717) is 17.4 Å². The molecule has 0 spiro atoms. The molecule has 0 radical (unpaired) electrons. The summed E-state index contributed by atoms with van der Waals surface area (Å²) >= 11 is 0. The van der Waals surface area contributed by atoms with Crippen molar-refractivity contribution in [3.8, 4) is 11.6 Å². The highest BCUT2D eigenvalue weighted by atomic mass is 16.5. The van der Waals surface area contributed by atoms with Gasteiger partial charge in [-0.1, -0.05) is 25.1 Å². The second-order valence-corrected chi connectivity index (χ2v) is 7.68. The number of amides is 1. The van der Waals surface area contributed by atoms with Crippen molar-refractivity contribution in [3.63, 3.8) is 0 Å². The zero-order chi connectivity index (χ0) is 23.1. The first-order chi connectivity index (χ1) is 15.4. The van der Waals surface area contributed by atoms with E-state index in [4.69, 9.17) is 9.26 Å². The van der Waals surface area contributed by atoms with Crippen LogP contribution in [0.15, 0.2) is 40.6 Å². The summed E-state index contributed by atoms with van der Waals surface area (Å²) in [5, 5.41) is 19.8. The van der Waals surface area contributed by atoms with Crippen molar-refractivity contribution in [3.05, 3.63) is 41.9 Å². The minimum atomic E-state index is -1.01. The number of ether oxygens (including phenoxy) is 1. The topological polar surface area (TPSA) is 139 Å². The van der Waals surface area contributed by atoms with Crippen LogP contribution in [0.5, 0.6) is 0 Å². The molecule has 3 atom stereocenters. The van der Waals surface area contributed by atoms with Crippen LogP contribution in [0, 0.1) is 0 Å². The Morgan fingerprint density at radius 1 is 1.31 bits per heavy atom. The Labute approximate surface area is 186 Å². The van der Waals surface area contributed by atoms with Gasteiger partial charge >= 0.3 is 5.97 Å². The molecule has 2 heterocycles. The Balaban J connectivity index is 1.78. The Morgan fingerprint density at radius 2 is 2.09 bits per heavy atom. The third kappa shape index (κ3) is 5.98. The van der Waals surface area contributed by atoms with Crippen molar-refractivity contribution in [1.82, 2.24) is 25.8 Å². The third-order valence-corrected chi connectivity index (χ3v) is 5.37. The molecule has 1 amide bonds. The molecule has 172 valence electrons. The molecule has 0 saturated carbocycles. The SMILES string of the molecule is CCC(CC)O[C@@H]1C=C(C(=O)O)C[C@H](NCc2noc(-c3ccccn3)n2)[C@H]1NC(C)=O. The molecule has 0 aromatic carbocycles. The van der Waals surface area contributed by atoms with Crippen molar-refractivity contribution >= 4 is 11.9 Å². The maximum atomic E-state index is 11.9. The predicted octanol–water partition coefficient (Wildman–Crippen LogP) is 2.08. The van der Waals surface area contributed by atoms with Gasteiger partial charge in [0.2, 0.25) is 5.91 Å². The second kappa shape index (κ2) is 11.0. The lowest BCUT2D eigenvalue weighted by Gasteiger charge is -2.38. The van der Waals surface area contributed by atoms with Gasteiger partial charge in [-0.2, -0.15) is 4.98 Å². The van der Waals surface area contributed by atoms with Crippen LogP contribution in [0.3, 0.4) is 0 Å². The normalized spacial score (nSPS) is 20.8. The molecule has 2 aromatic heterocycles. The number of pyridine rings is 1. The fourth-order valence-corrected chi connectivity index (χ4v) is 3.71. The van der Waals surface area contributed by atoms with Gasteiger partial charge in [-0.3, -0.25) is 9.78 Å². The number of carbonyl (C=O) groups excluding carboxylic acids is 1. The number of hydrogen-bond donors (Lipinski definition) is 3. The van der Waals surface area contributed by atoms with Crippen LogP contribution >= 0.6 is 0 Å². The quantitative estimate of drug-likeness (QED) is 0.503. The second-order valence-electron chi connectivity index (χ2n) is 7.68. The van der Waals surface area contributed by atoms with Gasteiger partial charge in [-0.15, -0.1) is 0 Å². The summed E-state index contributed by atoms with van der Waals surface area (Å²) in [7, 11) is 0. The first-order valence-corrected chi connectivity index (χ1v) is 10.7. The molecule has 0 fully saturated rings. The zero-order valence-corrected chi connectivity index (χ0v) is 18.4. The molecule has 10 heteroatoms. The lowest BCUT2D eigenvalue weighted by molar-refractivity contribution is -0.133. The fourth-order valence-electron chi connectivity index (χ4n) is 3.71. The van der Waals surface area contributed by atoms with E-state index in [-0.39, 0.29) is 30.5 Å². The predicted molar refractivity (Wildman–Crippen MR) is 115 cm³/mol. The van der Waals surface area contributed by atoms with Gasteiger partial charge in [0, 0.05) is 24.7 Å². The average Bonchev–Trinajstić information content (AvgIpc) is 3.26. The van der Waals surface area contributed by atoms with E-state index in [9.17, 15) is 14.7 Å². The van der Waals surface area contributed by atoms with E-state index < -0.39 is 24.2 Å². The van der Waals surface area contributed by atoms with Gasteiger partial charge in [0.15, 0.2) is 5.82 Å². The Hall–Kier alpha value is -3.11. The van der Waals surface area contributed by atoms with E-state index >= 15 is 0 Å². The lowest BCUT2D eigenvalue weighted by atomic mass is 9.87. The summed E-state index contributed by atoms with van der Waals surface area (Å²) in [6.07, 6.45) is 4.41. The Kier molecular flexibility index (Phi) is 8.07. The van der Waals surface area contributed by atoms with E-state index in [0.717, 1.165) is 12.8 Å². The average molecular weight is 444 g/mol. The molecule has 32 heavy (non-hydrogen) atoms. The number of rotatable bonds is 10. The molecule has 0 saturated heterocycles. The number of carboxylic acid groups (broad SMARTS) is 1. The number of nitrogens with one attached hydrogen (secondary N) is 2. The first kappa shape index (κ1) is 23.6. The summed E-state index contributed by atoms with van der Waals surface area (Å²) in [6, 6.07) is 4.54. The highest BCUT2D eigenvalue weighted by Crippen LogP contribution is 2.25. The molecule has 3 N–H and O–H groups in total. The van der Waals surface area contributed by atoms with Gasteiger partial charge in [-0.25, -0.2) is 4.79 Å². The zero-order valence-electron chi connectivity index (χ0n) is 18.4. The van der Waals surface area contributed by atoms with Crippen LogP contribution in [0.4, 0.5) is 0 Å². The van der Waals surface area contributed by atoms with Crippen molar-refractivity contribution in [2.24, 2.45) is 0 Å². The van der Waals surface area contributed by atoms with E-state index in [1.54, 1.807) is 24.4 Å². The number of hydrogen-bond acceptors (Lipinski definition) is 8. The van der Waals surface area contributed by atoms with Crippen LogP contribution < -0.4 is 10.6 Å². The molecule has 3 rings (SSSR count). The van der Waals surface area contributed by atoms with E-state index in [2.05, 4.69) is 25.8 Å². The van der Waals surface area contributed by atoms with Crippen LogP contribution in [0.2, 0.25) is 0 Å². The smallest absolute Gasteiger partial charge is 0.331 e. The molecule has 0 bridgehead atoms. The van der Waals surface area contributed by atoms with Gasteiger partial charge in [0.05, 0.1) is 24.8 Å². The van der Waals surface area contributed by atoms with Crippen molar-refractivity contribution in [1.29, 1.82) is 0 Å². The van der Waals surface area contributed by atoms with Crippen LogP contribution in [0.25, 0.3) is 11.6 Å². The Bertz CT molecular complexity index is 941. The summed E-state index contributed by atoms with van der Waals surface area (Å²) in [5.74, 6) is -0.529. The number of carbonyl (C=O) groups is 2. The molecule has 2 aromatic rings. The monoisotopic (exact) mass is 443 g/mol. The molecular formula is C22H29N5O5. The first-order valence-electron chi connectivity index (χ1n) is 10.7. The Morgan fingerprint density at radius 3 is 2.72 bits per heavy atom. The maximum absolute atomic E-state index is 11.9. The van der Waals surface area contributed by atoms with Gasteiger partial charge in [-0.05, 0) is 37.5 Å². The fraction of sp³-hybridized carbons (Fsp3) is 0.500. The van der Waals surface area contributed by atoms with Crippen LogP contribution in [-0.2, 0) is 20.9 Å². The van der Waals surface area contributed by atoms with Crippen molar-refractivity contribution in [2.75, 3.05) is 0 Å². The van der Waals surface area contributed by atoms with Crippen LogP contribution in [-0.4, -0.2) is 56.4 Å². The number of carboxylic acids is 1. The highest BCUT2D eigenvalue weighted by molar-refractivity contribution is 5.87. The number of aliphatic carboxylic acids is 1. The summed E-state index contributed by atoms with van der Waals surface area (Å²) in [6.45, 7) is 5.68. The molecule has 1 aliphatic carbocycles. The molecule has 0 unspecified atom stereocenters. The standard InChI is InChI=1S/C22H29N5O5/c1-4-15(5-2)31-18-11-14(22(29)30)10-17(20(18)25-13(3)28)24-12-19-26-21(32-27-19)16-8-6-7-9-23-16/h6-9,11,15,17-18,20,24H,4-5,10,12H2,1-3H3,(H,25,28)(H,29,30)/t17-,18+,20+/m0/s1. The molecule has 10 nitrogen and oxygen atoms in total. The summed E-state index contributed by atoms with van der Waals surface area (Å²) in [4.78, 5) is 32.2. The van der Waals surface area contributed by atoms with Gasteiger partial charge in [0.25, 0.3) is 5.89 Å². The minimum Gasteiger partial charge on any atom is -0.478 e. The maximum Gasteiger partial charge on any atom is 0.331 e. The third-order valence-electron chi connectivity index (χ3n) is 5.37. The molecule has 0 aliphatic heterocycles.